The first kappa shape index (κ1) is 26.0. The number of hydrazone groups is 1. The minimum atomic E-state index is -0.740. The summed E-state index contributed by atoms with van der Waals surface area (Å²) >= 11 is 4.87. The molecule has 4 rings (SSSR count). The van der Waals surface area contributed by atoms with Gasteiger partial charge in [-0.1, -0.05) is 18.2 Å². The van der Waals surface area contributed by atoms with Crippen molar-refractivity contribution in [1.82, 2.24) is 15.2 Å². The molecule has 1 aliphatic heterocycles. The van der Waals surface area contributed by atoms with Gasteiger partial charge < -0.3 is 30.7 Å². The Bertz CT molecular complexity index is 1330. The van der Waals surface area contributed by atoms with Crippen LogP contribution in [0.25, 0.3) is 10.9 Å². The molecule has 2 heterocycles. The summed E-state index contributed by atoms with van der Waals surface area (Å²) in [4.78, 5) is 23.5. The zero-order chi connectivity index (χ0) is 26.4. The van der Waals surface area contributed by atoms with E-state index < -0.39 is 11.6 Å². The van der Waals surface area contributed by atoms with Gasteiger partial charge in [-0.05, 0) is 23.8 Å². The predicted octanol–water partition coefficient (Wildman–Crippen LogP) is 2.88. The van der Waals surface area contributed by atoms with Crippen molar-refractivity contribution in [3.63, 3.8) is 0 Å². The molecule has 194 valence electrons. The second-order valence-corrected chi connectivity index (χ2v) is 8.76. The van der Waals surface area contributed by atoms with Crippen LogP contribution in [0.4, 0.5) is 20.2 Å². The molecule has 0 bridgehead atoms. The van der Waals surface area contributed by atoms with Gasteiger partial charge in [0.25, 0.3) is 5.17 Å². The summed E-state index contributed by atoms with van der Waals surface area (Å²) in [6.07, 6.45) is 3.40. The zero-order valence-electron chi connectivity index (χ0n) is 20.2. The van der Waals surface area contributed by atoms with Crippen molar-refractivity contribution < 1.29 is 18.3 Å². The van der Waals surface area contributed by atoms with E-state index in [0.717, 1.165) is 28.6 Å². The number of thiocarbonyl (C=S) groups is 1. The molecule has 3 aromatic rings. The maximum absolute atomic E-state index is 14.9. The highest BCUT2D eigenvalue weighted by molar-refractivity contribution is 7.80. The highest BCUT2D eigenvalue weighted by atomic mass is 32.1. The Labute approximate surface area is 218 Å². The minimum absolute atomic E-state index is 0.0202. The topological polar surface area (TPSA) is 111 Å². The van der Waals surface area contributed by atoms with E-state index in [1.807, 2.05) is 30.5 Å². The number of carbonyl (C=O) groups excluding carboxylic acids is 1. The van der Waals surface area contributed by atoms with Gasteiger partial charge in [0, 0.05) is 55.4 Å². The van der Waals surface area contributed by atoms with Gasteiger partial charge in [-0.25, -0.2) is 8.78 Å². The lowest BCUT2D eigenvalue weighted by Crippen LogP contribution is -2.49. The number of benzene rings is 2. The number of aliphatic imine (C=N–C) groups is 1. The van der Waals surface area contributed by atoms with Gasteiger partial charge >= 0.3 is 0 Å². The number of anilines is 1. The van der Waals surface area contributed by atoms with Crippen LogP contribution in [0.15, 0.2) is 52.7 Å². The minimum Gasteiger partial charge on any atom is -0.474 e. The average molecular weight is 528 g/mol. The van der Waals surface area contributed by atoms with Gasteiger partial charge in [-0.3, -0.25) is 9.79 Å². The molecule has 0 atom stereocenters. The molecule has 2 aromatic carbocycles. The lowest BCUT2D eigenvalue weighted by Gasteiger charge is -2.36. The van der Waals surface area contributed by atoms with E-state index in [9.17, 15) is 13.6 Å². The molecule has 0 unspecified atom stereocenters. The molecule has 0 spiro atoms. The Morgan fingerprint density at radius 3 is 2.59 bits per heavy atom. The highest BCUT2D eigenvalue weighted by Gasteiger charge is 2.26. The van der Waals surface area contributed by atoms with Gasteiger partial charge in [0.05, 0.1) is 37.7 Å². The van der Waals surface area contributed by atoms with Gasteiger partial charge in [0.1, 0.15) is 5.69 Å². The van der Waals surface area contributed by atoms with Crippen molar-refractivity contribution >= 4 is 57.5 Å². The molecule has 1 amide bonds. The number of halogens is 2. The van der Waals surface area contributed by atoms with E-state index in [-0.39, 0.29) is 35.4 Å². The van der Waals surface area contributed by atoms with Crippen LogP contribution in [0.5, 0.6) is 0 Å². The quantitative estimate of drug-likeness (QED) is 0.189. The van der Waals surface area contributed by atoms with Crippen molar-refractivity contribution in [3.8, 4) is 0 Å². The molecule has 12 heteroatoms. The number of hydrogen-bond donors (Lipinski definition) is 3. The monoisotopic (exact) mass is 527 g/mol. The number of ether oxygens (including phenoxy) is 1. The SMILES string of the molecule is COC(=S)NCC(C=Nc1cc(F)c(N2CCN(C(=O)Cc3c[nH]c4ccccc34)CC2)c(F)c1)=NN. The van der Waals surface area contributed by atoms with Crippen molar-refractivity contribution in [3.05, 3.63) is 59.8 Å². The van der Waals surface area contributed by atoms with Crippen molar-refractivity contribution in [2.45, 2.75) is 6.42 Å². The number of nitrogens with one attached hydrogen (secondary N) is 2. The zero-order valence-corrected chi connectivity index (χ0v) is 21.0. The summed E-state index contributed by atoms with van der Waals surface area (Å²) in [5.41, 5.74) is 2.14. The third-order valence-electron chi connectivity index (χ3n) is 6.09. The van der Waals surface area contributed by atoms with Crippen LogP contribution < -0.4 is 16.1 Å². The summed E-state index contributed by atoms with van der Waals surface area (Å²) in [6, 6.07) is 10.1. The fourth-order valence-electron chi connectivity index (χ4n) is 4.17. The van der Waals surface area contributed by atoms with Crippen LogP contribution in [-0.4, -0.2) is 72.7 Å². The molecular weight excluding hydrogens is 500 g/mol. The fraction of sp³-hybridized carbons (Fsp3) is 0.280. The van der Waals surface area contributed by atoms with Gasteiger partial charge in [-0.2, -0.15) is 5.10 Å². The lowest BCUT2D eigenvalue weighted by atomic mass is 10.1. The van der Waals surface area contributed by atoms with Gasteiger partial charge in [0.2, 0.25) is 5.91 Å². The van der Waals surface area contributed by atoms with Gasteiger partial charge in [0.15, 0.2) is 11.6 Å². The first-order valence-electron chi connectivity index (χ1n) is 11.6. The summed E-state index contributed by atoms with van der Waals surface area (Å²) in [7, 11) is 1.42. The van der Waals surface area contributed by atoms with Crippen LogP contribution in [0.1, 0.15) is 5.56 Å². The number of para-hydroxylation sites is 1. The van der Waals surface area contributed by atoms with Crippen LogP contribution in [0, 0.1) is 11.6 Å². The molecule has 4 N–H and O–H groups in total. The van der Waals surface area contributed by atoms with Crippen LogP contribution in [0.2, 0.25) is 0 Å². The number of nitrogens with zero attached hydrogens (tertiary/aromatic N) is 4. The van der Waals surface area contributed by atoms with E-state index >= 15 is 0 Å². The Hall–Kier alpha value is -4.06. The van der Waals surface area contributed by atoms with Crippen LogP contribution in [-0.2, 0) is 16.0 Å². The van der Waals surface area contributed by atoms with E-state index in [2.05, 4.69) is 20.4 Å². The molecule has 0 radical (unpaired) electrons. The van der Waals surface area contributed by atoms with E-state index in [0.29, 0.717) is 31.9 Å². The first-order valence-corrected chi connectivity index (χ1v) is 12.0. The van der Waals surface area contributed by atoms with Crippen molar-refractivity contribution in [1.29, 1.82) is 0 Å². The number of carbonyl (C=O) groups is 1. The molecule has 0 aliphatic carbocycles. The Morgan fingerprint density at radius 2 is 1.92 bits per heavy atom. The third-order valence-corrected chi connectivity index (χ3v) is 6.41. The number of piperazine rings is 1. The normalized spacial score (nSPS) is 14.4. The van der Waals surface area contributed by atoms with Gasteiger partial charge in [-0.15, -0.1) is 0 Å². The lowest BCUT2D eigenvalue weighted by molar-refractivity contribution is -0.130. The van der Waals surface area contributed by atoms with E-state index in [1.165, 1.54) is 13.3 Å². The van der Waals surface area contributed by atoms with E-state index in [4.69, 9.17) is 22.8 Å². The molecule has 1 fully saturated rings. The largest absolute Gasteiger partial charge is 0.474 e. The average Bonchev–Trinajstić information content (AvgIpc) is 3.31. The Morgan fingerprint density at radius 1 is 1.22 bits per heavy atom. The molecule has 1 saturated heterocycles. The highest BCUT2D eigenvalue weighted by Crippen LogP contribution is 2.29. The third kappa shape index (κ3) is 6.20. The summed E-state index contributed by atoms with van der Waals surface area (Å²) < 4.78 is 34.7. The van der Waals surface area contributed by atoms with E-state index in [1.54, 1.807) is 9.80 Å². The molecule has 1 aromatic heterocycles. The number of amides is 1. The Kier molecular flexibility index (Phi) is 8.29. The molecule has 1 aliphatic rings. The standard InChI is InChI=1S/C25H27F2N7O2S/c1-36-25(37)31-15-18(32-28)14-29-17-11-20(26)24(21(27)12-17)34-8-6-33(7-9-34)23(35)10-16-13-30-22-5-3-2-4-19(16)22/h2-5,11-14,30H,6-10,15,28H2,1H3,(H,31,37). The predicted molar refractivity (Wildman–Crippen MR) is 145 cm³/mol. The number of rotatable bonds is 7. The number of aromatic nitrogens is 1. The van der Waals surface area contributed by atoms with Crippen LogP contribution >= 0.6 is 12.2 Å². The van der Waals surface area contributed by atoms with Crippen molar-refractivity contribution in [2.24, 2.45) is 15.9 Å². The second-order valence-electron chi connectivity index (χ2n) is 8.39. The number of nitrogens with two attached hydrogens (primary N) is 1. The maximum Gasteiger partial charge on any atom is 0.256 e. The molecule has 9 nitrogen and oxygen atoms in total. The number of methoxy groups -OCH3 is 1. The molecule has 37 heavy (non-hydrogen) atoms. The molecule has 0 saturated carbocycles. The number of hydrogen-bond acceptors (Lipinski definition) is 7. The number of fused-ring (bicyclic) bond motifs is 1. The summed E-state index contributed by atoms with van der Waals surface area (Å²) in [5, 5.41) is 7.48. The van der Waals surface area contributed by atoms with Crippen molar-refractivity contribution in [2.75, 3.05) is 44.7 Å². The molecular formula is C25H27F2N7O2S. The Balaban J connectivity index is 1.36. The maximum atomic E-state index is 14.9. The summed E-state index contributed by atoms with van der Waals surface area (Å²) in [6.45, 7) is 1.49. The first-order chi connectivity index (χ1) is 17.9. The summed E-state index contributed by atoms with van der Waals surface area (Å²) in [5.74, 6) is 3.83. The number of H-pyrrole nitrogens is 1. The number of aromatic amines is 1. The fourth-order valence-corrected chi connectivity index (χ4v) is 4.24. The van der Waals surface area contributed by atoms with Crippen LogP contribution in [0.3, 0.4) is 0 Å². The smallest absolute Gasteiger partial charge is 0.256 e. The second kappa shape index (κ2) is 11.8.